The molecule has 0 spiro atoms. The van der Waals surface area contributed by atoms with Gasteiger partial charge in [-0.05, 0) is 51.4 Å². The molecule has 0 bridgehead atoms. The van der Waals surface area contributed by atoms with Crippen molar-refractivity contribution in [2.45, 2.75) is 520 Å². The molecule has 554 valence electrons. The molecule has 0 aliphatic rings. The molecule has 0 aromatic carbocycles. The number of aliphatic hydroxyl groups is 2. The third-order valence-electron chi connectivity index (χ3n) is 20.8. The van der Waals surface area contributed by atoms with Gasteiger partial charge in [0.15, 0.2) is 0 Å². The number of carbonyl (C=O) groups excluding carboxylic acids is 2. The maximum atomic E-state index is 12.6. The Kier molecular flexibility index (Phi) is 81.8. The van der Waals surface area contributed by atoms with Crippen LogP contribution in [0, 0.1) is 0 Å². The van der Waals surface area contributed by atoms with Crippen LogP contribution in [0.3, 0.4) is 0 Å². The van der Waals surface area contributed by atoms with Crippen LogP contribution in [0.15, 0.2) is 12.2 Å². The fourth-order valence-electron chi connectivity index (χ4n) is 14.2. The third kappa shape index (κ3) is 79.5. The maximum absolute atomic E-state index is 12.6. The van der Waals surface area contributed by atoms with Crippen molar-refractivity contribution in [2.24, 2.45) is 0 Å². The lowest BCUT2D eigenvalue weighted by Crippen LogP contribution is -2.45. The summed E-state index contributed by atoms with van der Waals surface area (Å²) in [6.07, 6.45) is 106. The Bertz CT molecular complexity index is 1420. The van der Waals surface area contributed by atoms with E-state index in [0.717, 1.165) is 38.5 Å². The van der Waals surface area contributed by atoms with Crippen LogP contribution in [0.1, 0.15) is 508 Å². The smallest absolute Gasteiger partial charge is 0.305 e. The van der Waals surface area contributed by atoms with Crippen LogP contribution in [-0.2, 0) is 14.3 Å². The number of carbonyl (C=O) groups is 2. The second kappa shape index (κ2) is 83.0. The van der Waals surface area contributed by atoms with E-state index in [9.17, 15) is 19.8 Å². The largest absolute Gasteiger partial charge is 0.466 e. The fraction of sp³-hybridized carbons (Fsp3) is 0.954. The van der Waals surface area contributed by atoms with Crippen molar-refractivity contribution < 1.29 is 24.5 Å². The van der Waals surface area contributed by atoms with Crippen molar-refractivity contribution in [1.82, 2.24) is 5.32 Å². The van der Waals surface area contributed by atoms with Gasteiger partial charge in [-0.1, -0.05) is 456 Å². The lowest BCUT2D eigenvalue weighted by molar-refractivity contribution is -0.143. The van der Waals surface area contributed by atoms with E-state index in [1.54, 1.807) is 0 Å². The topological polar surface area (TPSA) is 95.9 Å². The van der Waals surface area contributed by atoms with Crippen molar-refractivity contribution in [3.05, 3.63) is 12.2 Å². The molecular weight excluding hydrogens is 1140 g/mol. The highest BCUT2D eigenvalue weighted by Gasteiger charge is 2.20. The van der Waals surface area contributed by atoms with Crippen LogP contribution < -0.4 is 5.32 Å². The van der Waals surface area contributed by atoms with Crippen molar-refractivity contribution in [2.75, 3.05) is 13.2 Å². The highest BCUT2D eigenvalue weighted by atomic mass is 16.5. The second-order valence-corrected chi connectivity index (χ2v) is 30.2. The molecule has 0 saturated heterocycles. The minimum absolute atomic E-state index is 0.0251. The Morgan fingerprint density at radius 3 is 0.763 bits per heavy atom. The molecule has 0 aliphatic heterocycles. The van der Waals surface area contributed by atoms with Gasteiger partial charge in [0.2, 0.25) is 5.91 Å². The van der Waals surface area contributed by atoms with Gasteiger partial charge < -0.3 is 20.3 Å². The van der Waals surface area contributed by atoms with Crippen LogP contribution in [0.25, 0.3) is 0 Å². The number of hydrogen-bond acceptors (Lipinski definition) is 5. The van der Waals surface area contributed by atoms with Gasteiger partial charge in [-0.2, -0.15) is 0 Å². The minimum atomic E-state index is -0.663. The van der Waals surface area contributed by atoms with E-state index in [0.29, 0.717) is 25.9 Å². The normalized spacial score (nSPS) is 12.4. The predicted molar refractivity (Wildman–Crippen MR) is 412 cm³/mol. The van der Waals surface area contributed by atoms with Crippen LogP contribution >= 0.6 is 0 Å². The first-order valence-electron chi connectivity index (χ1n) is 43.4. The predicted octanol–water partition coefficient (Wildman–Crippen LogP) is 29.0. The SMILES string of the molecule is CCCCCCCCCCCCCCCCCCCCCCCCC(O)C(CO)NC(=O)CCCCCCCCCCCCCCCCCCC/C=C\CCCCCCCCCCCCCCCCOC(=O)CCCCCCCCCCCCCCCCCCCCC. The number of nitrogens with one attached hydrogen (secondary N) is 1. The van der Waals surface area contributed by atoms with E-state index in [1.165, 1.54) is 437 Å². The van der Waals surface area contributed by atoms with Crippen LogP contribution in [-0.4, -0.2) is 47.4 Å². The van der Waals surface area contributed by atoms with Crippen LogP contribution in [0.4, 0.5) is 0 Å². The van der Waals surface area contributed by atoms with Gasteiger partial charge in [-0.25, -0.2) is 0 Å². The van der Waals surface area contributed by atoms with E-state index < -0.39 is 12.1 Å². The molecule has 6 heteroatoms. The maximum Gasteiger partial charge on any atom is 0.305 e. The molecule has 0 aromatic rings. The van der Waals surface area contributed by atoms with Crippen molar-refractivity contribution in [1.29, 1.82) is 0 Å². The number of unbranched alkanes of at least 4 members (excludes halogenated alkanes) is 70. The Labute approximate surface area is 584 Å². The van der Waals surface area contributed by atoms with Gasteiger partial charge in [-0.3, -0.25) is 9.59 Å². The highest BCUT2D eigenvalue weighted by Crippen LogP contribution is 2.21. The number of esters is 1. The molecule has 0 aliphatic carbocycles. The molecule has 0 radical (unpaired) electrons. The average Bonchev–Trinajstić information content (AvgIpc) is 3.78. The van der Waals surface area contributed by atoms with Crippen molar-refractivity contribution in [3.8, 4) is 0 Å². The first kappa shape index (κ1) is 91.6. The molecular formula is C87H171NO5. The van der Waals surface area contributed by atoms with E-state index in [4.69, 9.17) is 4.74 Å². The molecule has 2 unspecified atom stereocenters. The summed E-state index contributed by atoms with van der Waals surface area (Å²) in [7, 11) is 0. The Hall–Kier alpha value is -1.40. The lowest BCUT2D eigenvalue weighted by atomic mass is 10.0. The fourth-order valence-corrected chi connectivity index (χ4v) is 14.2. The molecule has 0 saturated carbocycles. The van der Waals surface area contributed by atoms with Gasteiger partial charge >= 0.3 is 5.97 Å². The quantitative estimate of drug-likeness (QED) is 0.0320. The van der Waals surface area contributed by atoms with Gasteiger partial charge in [0.1, 0.15) is 0 Å². The van der Waals surface area contributed by atoms with E-state index >= 15 is 0 Å². The highest BCUT2D eigenvalue weighted by molar-refractivity contribution is 5.76. The summed E-state index contributed by atoms with van der Waals surface area (Å²) in [5.41, 5.74) is 0. The first-order valence-corrected chi connectivity index (χ1v) is 43.4. The third-order valence-corrected chi connectivity index (χ3v) is 20.8. The molecule has 0 aromatic heterocycles. The van der Waals surface area contributed by atoms with Crippen molar-refractivity contribution in [3.63, 3.8) is 0 Å². The summed E-state index contributed by atoms with van der Waals surface area (Å²) < 4.78 is 5.53. The molecule has 1 amide bonds. The Balaban J connectivity index is 3.32. The van der Waals surface area contributed by atoms with Gasteiger partial charge in [0.05, 0.1) is 25.4 Å². The minimum Gasteiger partial charge on any atom is -0.466 e. The van der Waals surface area contributed by atoms with Crippen LogP contribution in [0.2, 0.25) is 0 Å². The summed E-state index contributed by atoms with van der Waals surface area (Å²) in [4.78, 5) is 24.7. The van der Waals surface area contributed by atoms with E-state index in [2.05, 4.69) is 31.3 Å². The zero-order chi connectivity index (χ0) is 67.0. The average molecular weight is 1310 g/mol. The number of aliphatic hydroxyl groups excluding tert-OH is 2. The number of ether oxygens (including phenoxy) is 1. The number of hydrogen-bond donors (Lipinski definition) is 3. The summed E-state index contributed by atoms with van der Waals surface area (Å²) in [5.74, 6) is 0.00149. The van der Waals surface area contributed by atoms with E-state index in [-0.39, 0.29) is 18.5 Å². The Morgan fingerprint density at radius 1 is 0.290 bits per heavy atom. The summed E-state index contributed by atoms with van der Waals surface area (Å²) >= 11 is 0. The summed E-state index contributed by atoms with van der Waals surface area (Å²) in [6.45, 7) is 5.03. The zero-order valence-corrected chi connectivity index (χ0v) is 63.8. The van der Waals surface area contributed by atoms with Crippen molar-refractivity contribution >= 4 is 11.9 Å². The van der Waals surface area contributed by atoms with E-state index in [1.807, 2.05) is 0 Å². The molecule has 0 heterocycles. The lowest BCUT2D eigenvalue weighted by Gasteiger charge is -2.22. The number of amides is 1. The molecule has 2 atom stereocenters. The molecule has 0 rings (SSSR count). The molecule has 6 nitrogen and oxygen atoms in total. The van der Waals surface area contributed by atoms with Gasteiger partial charge in [0.25, 0.3) is 0 Å². The summed E-state index contributed by atoms with van der Waals surface area (Å²) in [5, 5.41) is 23.5. The van der Waals surface area contributed by atoms with Gasteiger partial charge in [-0.15, -0.1) is 0 Å². The number of allylic oxidation sites excluding steroid dienone is 2. The monoisotopic (exact) mass is 1310 g/mol. The second-order valence-electron chi connectivity index (χ2n) is 30.2. The first-order chi connectivity index (χ1) is 46.0. The standard InChI is InChI=1S/C87H171NO5/c1-3-5-7-9-11-13-15-17-19-21-23-24-40-44-47-51-55-59-63-67-71-75-79-85(90)84(83-89)88-86(91)80-76-72-68-64-60-56-52-48-45-41-38-36-34-32-30-28-26-25-27-29-31-33-35-37-39-42-46-50-54-58-62-66-70-74-78-82-93-87(92)81-77-73-69-65-61-57-53-49-43-22-20-18-16-14-12-10-8-6-4-2/h27,29,84-85,89-90H,3-26,28,30-83H2,1-2H3,(H,88,91)/b29-27-. The summed E-state index contributed by atoms with van der Waals surface area (Å²) in [6, 6.07) is -0.539. The van der Waals surface area contributed by atoms with Crippen LogP contribution in [0.5, 0.6) is 0 Å². The molecule has 0 fully saturated rings. The molecule has 3 N–H and O–H groups in total. The molecule has 93 heavy (non-hydrogen) atoms. The number of rotatable bonds is 83. The van der Waals surface area contributed by atoms with Gasteiger partial charge in [0, 0.05) is 12.8 Å². The Morgan fingerprint density at radius 2 is 0.505 bits per heavy atom. The zero-order valence-electron chi connectivity index (χ0n) is 63.8.